The molecule has 5 heteroatoms. The first kappa shape index (κ1) is 15.9. The minimum atomic E-state index is -0.337. The molecule has 3 aromatic rings. The molecule has 0 fully saturated rings. The predicted octanol–water partition coefficient (Wildman–Crippen LogP) is 3.12. The Labute approximate surface area is 139 Å². The van der Waals surface area contributed by atoms with Crippen LogP contribution in [0.5, 0.6) is 0 Å². The molecule has 0 aliphatic rings. The van der Waals surface area contributed by atoms with Crippen LogP contribution in [-0.2, 0) is 6.42 Å². The first-order valence-electron chi connectivity index (χ1n) is 8.05. The largest absolute Gasteiger partial charge is 0.280 e. The molecule has 0 spiro atoms. The lowest BCUT2D eigenvalue weighted by Gasteiger charge is -2.09. The summed E-state index contributed by atoms with van der Waals surface area (Å²) in [6.07, 6.45) is 4.61. The zero-order valence-corrected chi connectivity index (χ0v) is 13.5. The van der Waals surface area contributed by atoms with Crippen molar-refractivity contribution in [3.8, 4) is 0 Å². The normalized spacial score (nSPS) is 10.7. The lowest BCUT2D eigenvalue weighted by atomic mass is 10.1. The average molecular weight is 321 g/mol. The summed E-state index contributed by atoms with van der Waals surface area (Å²) in [6, 6.07) is 14.5. The first-order valence-corrected chi connectivity index (χ1v) is 8.05. The van der Waals surface area contributed by atoms with Crippen molar-refractivity contribution in [1.29, 1.82) is 0 Å². The molecule has 2 aromatic carbocycles. The molecule has 0 bridgehead atoms. The lowest BCUT2D eigenvalue weighted by molar-refractivity contribution is 0.101. The monoisotopic (exact) mass is 321 g/mol. The molecule has 1 amide bonds. The van der Waals surface area contributed by atoms with E-state index in [9.17, 15) is 9.59 Å². The summed E-state index contributed by atoms with van der Waals surface area (Å²) >= 11 is 0. The van der Waals surface area contributed by atoms with Crippen molar-refractivity contribution >= 4 is 16.8 Å². The quantitative estimate of drug-likeness (QED) is 0.785. The van der Waals surface area contributed by atoms with E-state index in [2.05, 4.69) is 17.3 Å². The SMILES string of the molecule is CCCCc1ccc(C(=O)Nn2cnc3ccccc3c2=O)cc1. The molecule has 0 radical (unpaired) electrons. The highest BCUT2D eigenvalue weighted by Gasteiger charge is 2.09. The first-order chi connectivity index (χ1) is 11.7. The minimum Gasteiger partial charge on any atom is -0.267 e. The van der Waals surface area contributed by atoms with Crippen LogP contribution in [0.2, 0.25) is 0 Å². The van der Waals surface area contributed by atoms with E-state index < -0.39 is 0 Å². The van der Waals surface area contributed by atoms with Gasteiger partial charge in [-0.05, 0) is 42.7 Å². The van der Waals surface area contributed by atoms with Crippen molar-refractivity contribution in [3.05, 3.63) is 76.3 Å². The highest BCUT2D eigenvalue weighted by atomic mass is 16.2. The van der Waals surface area contributed by atoms with Gasteiger partial charge in [0.15, 0.2) is 0 Å². The maximum atomic E-state index is 12.4. The van der Waals surface area contributed by atoms with Crippen LogP contribution in [-0.4, -0.2) is 15.6 Å². The Bertz CT molecular complexity index is 914. The second-order valence-electron chi connectivity index (χ2n) is 5.68. The summed E-state index contributed by atoms with van der Waals surface area (Å²) in [4.78, 5) is 28.9. The Morgan fingerprint density at radius 1 is 1.12 bits per heavy atom. The van der Waals surface area contributed by atoms with Crippen LogP contribution in [0.1, 0.15) is 35.7 Å². The Morgan fingerprint density at radius 2 is 1.88 bits per heavy atom. The van der Waals surface area contributed by atoms with Gasteiger partial charge in [0.2, 0.25) is 0 Å². The van der Waals surface area contributed by atoms with Crippen molar-refractivity contribution in [2.45, 2.75) is 26.2 Å². The molecule has 0 aliphatic heterocycles. The van der Waals surface area contributed by atoms with Gasteiger partial charge < -0.3 is 0 Å². The number of para-hydroxylation sites is 1. The fourth-order valence-corrected chi connectivity index (χ4v) is 2.53. The summed E-state index contributed by atoms with van der Waals surface area (Å²) < 4.78 is 1.12. The van der Waals surface area contributed by atoms with E-state index in [-0.39, 0.29) is 11.5 Å². The highest BCUT2D eigenvalue weighted by Crippen LogP contribution is 2.08. The number of nitrogens with zero attached hydrogens (tertiary/aromatic N) is 2. The van der Waals surface area contributed by atoms with Gasteiger partial charge in [-0.15, -0.1) is 0 Å². The smallest absolute Gasteiger partial charge is 0.267 e. The minimum absolute atomic E-state index is 0.298. The summed E-state index contributed by atoms with van der Waals surface area (Å²) in [5.74, 6) is -0.337. The Morgan fingerprint density at radius 3 is 2.62 bits per heavy atom. The maximum Gasteiger partial charge on any atom is 0.280 e. The number of benzene rings is 2. The van der Waals surface area contributed by atoms with E-state index in [1.54, 1.807) is 30.3 Å². The van der Waals surface area contributed by atoms with Gasteiger partial charge in [0.05, 0.1) is 10.9 Å². The molecule has 0 unspecified atom stereocenters. The number of aryl methyl sites for hydroxylation is 1. The number of nitrogens with one attached hydrogen (secondary N) is 1. The molecule has 24 heavy (non-hydrogen) atoms. The molecular weight excluding hydrogens is 302 g/mol. The number of hydrogen-bond acceptors (Lipinski definition) is 3. The van der Waals surface area contributed by atoms with Crippen molar-refractivity contribution in [2.24, 2.45) is 0 Å². The fraction of sp³-hybridized carbons (Fsp3) is 0.211. The Balaban J connectivity index is 1.79. The molecule has 0 aliphatic carbocycles. The predicted molar refractivity (Wildman–Crippen MR) is 94.7 cm³/mol. The summed E-state index contributed by atoms with van der Waals surface area (Å²) in [6.45, 7) is 2.15. The molecule has 0 atom stereocenters. The second-order valence-corrected chi connectivity index (χ2v) is 5.68. The van der Waals surface area contributed by atoms with Crippen LogP contribution in [0.3, 0.4) is 0 Å². The number of aromatic nitrogens is 2. The van der Waals surface area contributed by atoms with Crippen molar-refractivity contribution in [2.75, 3.05) is 5.43 Å². The van der Waals surface area contributed by atoms with Gasteiger partial charge >= 0.3 is 0 Å². The maximum absolute atomic E-state index is 12.4. The van der Waals surface area contributed by atoms with E-state index in [1.807, 2.05) is 18.2 Å². The second kappa shape index (κ2) is 7.08. The molecule has 122 valence electrons. The van der Waals surface area contributed by atoms with Crippen molar-refractivity contribution < 1.29 is 4.79 Å². The number of unbranched alkanes of at least 4 members (excludes halogenated alkanes) is 1. The van der Waals surface area contributed by atoms with Gasteiger partial charge in [-0.2, -0.15) is 0 Å². The number of amides is 1. The van der Waals surface area contributed by atoms with Gasteiger partial charge in [-0.3, -0.25) is 15.0 Å². The number of carbonyl (C=O) groups excluding carboxylic acids is 1. The molecule has 1 heterocycles. The van der Waals surface area contributed by atoms with Crippen molar-refractivity contribution in [3.63, 3.8) is 0 Å². The molecule has 0 saturated heterocycles. The summed E-state index contributed by atoms with van der Waals surface area (Å²) in [5.41, 5.74) is 4.61. The molecule has 0 saturated carbocycles. The molecule has 1 N–H and O–H groups in total. The lowest BCUT2D eigenvalue weighted by Crippen LogP contribution is -2.33. The molecule has 5 nitrogen and oxygen atoms in total. The zero-order chi connectivity index (χ0) is 16.9. The van der Waals surface area contributed by atoms with Crippen LogP contribution < -0.4 is 11.0 Å². The topological polar surface area (TPSA) is 64.0 Å². The number of rotatable bonds is 5. The summed E-state index contributed by atoms with van der Waals surface area (Å²) in [7, 11) is 0. The van der Waals surface area contributed by atoms with Gasteiger partial charge in [0, 0.05) is 5.56 Å². The third kappa shape index (κ3) is 3.35. The van der Waals surface area contributed by atoms with Crippen LogP contribution >= 0.6 is 0 Å². The van der Waals surface area contributed by atoms with Crippen LogP contribution in [0.25, 0.3) is 10.9 Å². The van der Waals surface area contributed by atoms with E-state index in [1.165, 1.54) is 11.9 Å². The van der Waals surface area contributed by atoms with Crippen molar-refractivity contribution in [1.82, 2.24) is 9.66 Å². The van der Waals surface area contributed by atoms with E-state index in [0.717, 1.165) is 23.9 Å². The molecular formula is C19H19N3O2. The highest BCUT2D eigenvalue weighted by molar-refractivity contribution is 6.00. The Hall–Kier alpha value is -2.95. The zero-order valence-electron chi connectivity index (χ0n) is 13.5. The van der Waals surface area contributed by atoms with Crippen LogP contribution in [0.4, 0.5) is 0 Å². The van der Waals surface area contributed by atoms with E-state index in [0.29, 0.717) is 16.5 Å². The number of fused-ring (bicyclic) bond motifs is 1. The number of carbonyl (C=O) groups is 1. The van der Waals surface area contributed by atoms with E-state index >= 15 is 0 Å². The standard InChI is InChI=1S/C19H19N3O2/c1-2-3-6-14-9-11-15(12-10-14)18(23)21-22-13-20-17-8-5-4-7-16(17)19(22)24/h4-5,7-13H,2-3,6H2,1H3,(H,21,23). The van der Waals surface area contributed by atoms with Gasteiger partial charge in [-0.1, -0.05) is 37.6 Å². The molecule has 3 rings (SSSR count). The number of hydrogen-bond donors (Lipinski definition) is 1. The van der Waals surface area contributed by atoms with Gasteiger partial charge in [0.1, 0.15) is 6.33 Å². The average Bonchev–Trinajstić information content (AvgIpc) is 2.63. The van der Waals surface area contributed by atoms with Crippen LogP contribution in [0.15, 0.2) is 59.7 Å². The van der Waals surface area contributed by atoms with E-state index in [4.69, 9.17) is 0 Å². The summed E-state index contributed by atoms with van der Waals surface area (Å²) in [5, 5.41) is 0.468. The van der Waals surface area contributed by atoms with Crippen LogP contribution in [0, 0.1) is 0 Å². The molecule has 1 aromatic heterocycles. The Kier molecular flexibility index (Phi) is 4.70. The fourth-order valence-electron chi connectivity index (χ4n) is 2.53. The van der Waals surface area contributed by atoms with Gasteiger partial charge in [-0.25, -0.2) is 9.66 Å². The van der Waals surface area contributed by atoms with Gasteiger partial charge in [0.25, 0.3) is 11.5 Å². The third-order valence-electron chi connectivity index (χ3n) is 3.92. The third-order valence-corrected chi connectivity index (χ3v) is 3.92.